The number of halogens is 1. The van der Waals surface area contributed by atoms with E-state index in [-0.39, 0.29) is 23.8 Å². The number of thiophene rings is 1. The first-order valence-corrected chi connectivity index (χ1v) is 8.99. The van der Waals surface area contributed by atoms with E-state index in [0.717, 1.165) is 15.8 Å². The number of hydrogen-bond acceptors (Lipinski definition) is 3. The van der Waals surface area contributed by atoms with Gasteiger partial charge in [-0.25, -0.2) is 0 Å². The molecule has 3 atom stereocenters. The summed E-state index contributed by atoms with van der Waals surface area (Å²) in [6.07, 6.45) is 1.49. The lowest BCUT2D eigenvalue weighted by molar-refractivity contribution is -0.152. The van der Waals surface area contributed by atoms with Gasteiger partial charge in [-0.1, -0.05) is 27.2 Å². The molecule has 1 N–H and O–H groups in total. The zero-order valence-electron chi connectivity index (χ0n) is 12.6. The monoisotopic (exact) mass is 372 g/mol. The molecule has 0 aliphatic carbocycles. The molecule has 4 nitrogen and oxygen atoms in total. The molecule has 1 aliphatic rings. The van der Waals surface area contributed by atoms with E-state index in [9.17, 15) is 9.59 Å². The van der Waals surface area contributed by atoms with E-state index in [1.54, 1.807) is 16.2 Å². The molecule has 2 amide bonds. The van der Waals surface area contributed by atoms with Gasteiger partial charge in [0.1, 0.15) is 12.1 Å². The molecule has 6 heteroatoms. The molecule has 0 radical (unpaired) electrons. The zero-order chi connectivity index (χ0) is 15.6. The minimum absolute atomic E-state index is 0.0246. The molecule has 0 aromatic carbocycles. The van der Waals surface area contributed by atoms with Crippen LogP contribution in [0.25, 0.3) is 0 Å². The molecule has 2 rings (SSSR count). The molecule has 1 aromatic rings. The van der Waals surface area contributed by atoms with Crippen molar-refractivity contribution in [2.75, 3.05) is 0 Å². The molecular formula is C15H21BrN2O2S. The molecule has 116 valence electrons. The molecule has 1 aliphatic heterocycles. The number of hydrogen-bond donors (Lipinski definition) is 1. The van der Waals surface area contributed by atoms with Crippen molar-refractivity contribution in [3.63, 3.8) is 0 Å². The summed E-state index contributed by atoms with van der Waals surface area (Å²) in [5.74, 6) is 0.150. The number of carbonyl (C=O) groups is 2. The lowest BCUT2D eigenvalue weighted by atomic mass is 9.93. The summed E-state index contributed by atoms with van der Waals surface area (Å²) < 4.78 is 1.00. The summed E-state index contributed by atoms with van der Waals surface area (Å²) in [6.45, 7) is 6.50. The van der Waals surface area contributed by atoms with Gasteiger partial charge in [0.2, 0.25) is 11.8 Å². The maximum absolute atomic E-state index is 12.7. The van der Waals surface area contributed by atoms with Gasteiger partial charge in [-0.05, 0) is 39.7 Å². The minimum Gasteiger partial charge on any atom is -0.343 e. The fourth-order valence-electron chi connectivity index (χ4n) is 2.63. The van der Waals surface area contributed by atoms with E-state index in [0.29, 0.717) is 13.0 Å². The molecule has 2 heterocycles. The second-order valence-electron chi connectivity index (χ2n) is 5.46. The summed E-state index contributed by atoms with van der Waals surface area (Å²) >= 11 is 5.11. The van der Waals surface area contributed by atoms with Crippen molar-refractivity contribution in [3.8, 4) is 0 Å². The SMILES string of the molecule is CCC1NC(=O)C(C(C)CC)N(Cc2sccc2Br)C1=O. The van der Waals surface area contributed by atoms with Crippen molar-refractivity contribution in [1.82, 2.24) is 10.2 Å². The molecular weight excluding hydrogens is 352 g/mol. The van der Waals surface area contributed by atoms with Crippen LogP contribution in [0.3, 0.4) is 0 Å². The van der Waals surface area contributed by atoms with Crippen LogP contribution in [0.2, 0.25) is 0 Å². The van der Waals surface area contributed by atoms with Crippen LogP contribution in [-0.4, -0.2) is 28.8 Å². The molecule has 1 aromatic heterocycles. The van der Waals surface area contributed by atoms with Gasteiger partial charge in [0.15, 0.2) is 0 Å². The van der Waals surface area contributed by atoms with E-state index in [1.165, 1.54) is 0 Å². The Labute approximate surface area is 138 Å². The summed E-state index contributed by atoms with van der Waals surface area (Å²) in [5, 5.41) is 4.86. The maximum Gasteiger partial charge on any atom is 0.246 e. The summed E-state index contributed by atoms with van der Waals surface area (Å²) in [4.78, 5) is 27.9. The first kappa shape index (κ1) is 16.5. The smallest absolute Gasteiger partial charge is 0.246 e. The van der Waals surface area contributed by atoms with Crippen molar-refractivity contribution in [2.45, 2.75) is 52.2 Å². The Morgan fingerprint density at radius 3 is 2.67 bits per heavy atom. The topological polar surface area (TPSA) is 49.4 Å². The fourth-order valence-corrected chi connectivity index (χ4v) is 4.11. The Bertz CT molecular complexity index is 531. The van der Waals surface area contributed by atoms with Gasteiger partial charge in [-0.2, -0.15) is 0 Å². The Morgan fingerprint density at radius 1 is 1.43 bits per heavy atom. The average Bonchev–Trinajstić information content (AvgIpc) is 2.87. The number of amides is 2. The Morgan fingerprint density at radius 2 is 2.14 bits per heavy atom. The quantitative estimate of drug-likeness (QED) is 0.862. The molecule has 3 unspecified atom stereocenters. The van der Waals surface area contributed by atoms with Gasteiger partial charge in [-0.3, -0.25) is 9.59 Å². The van der Waals surface area contributed by atoms with Gasteiger partial charge >= 0.3 is 0 Å². The highest BCUT2D eigenvalue weighted by atomic mass is 79.9. The van der Waals surface area contributed by atoms with E-state index >= 15 is 0 Å². The number of rotatable bonds is 5. The molecule has 1 saturated heterocycles. The van der Waals surface area contributed by atoms with E-state index < -0.39 is 6.04 Å². The largest absolute Gasteiger partial charge is 0.343 e. The van der Waals surface area contributed by atoms with Crippen LogP contribution >= 0.6 is 27.3 Å². The second kappa shape index (κ2) is 6.92. The van der Waals surface area contributed by atoms with Gasteiger partial charge in [0.25, 0.3) is 0 Å². The molecule has 0 saturated carbocycles. The molecule has 1 fully saturated rings. The normalized spacial score (nSPS) is 24.1. The van der Waals surface area contributed by atoms with Crippen LogP contribution < -0.4 is 5.32 Å². The van der Waals surface area contributed by atoms with Crippen LogP contribution in [0.5, 0.6) is 0 Å². The lowest BCUT2D eigenvalue weighted by Crippen LogP contribution is -2.64. The third kappa shape index (κ3) is 3.31. The van der Waals surface area contributed by atoms with Crippen molar-refractivity contribution >= 4 is 39.1 Å². The highest BCUT2D eigenvalue weighted by Gasteiger charge is 2.42. The Hall–Kier alpha value is -0.880. The van der Waals surface area contributed by atoms with Crippen molar-refractivity contribution in [2.24, 2.45) is 5.92 Å². The van der Waals surface area contributed by atoms with Crippen molar-refractivity contribution in [1.29, 1.82) is 0 Å². The summed E-state index contributed by atoms with van der Waals surface area (Å²) in [7, 11) is 0. The molecule has 21 heavy (non-hydrogen) atoms. The third-order valence-electron chi connectivity index (χ3n) is 4.10. The fraction of sp³-hybridized carbons (Fsp3) is 0.600. The van der Waals surface area contributed by atoms with E-state index in [1.807, 2.05) is 32.2 Å². The van der Waals surface area contributed by atoms with Crippen molar-refractivity contribution < 1.29 is 9.59 Å². The first-order valence-electron chi connectivity index (χ1n) is 7.32. The minimum atomic E-state index is -0.392. The van der Waals surface area contributed by atoms with E-state index in [2.05, 4.69) is 21.2 Å². The zero-order valence-corrected chi connectivity index (χ0v) is 15.0. The summed E-state index contributed by atoms with van der Waals surface area (Å²) in [5.41, 5.74) is 0. The molecule has 0 bridgehead atoms. The predicted octanol–water partition coefficient (Wildman–Crippen LogP) is 3.16. The van der Waals surface area contributed by atoms with Crippen LogP contribution in [0.4, 0.5) is 0 Å². The molecule has 0 spiro atoms. The predicted molar refractivity (Wildman–Crippen MR) is 88.0 cm³/mol. The third-order valence-corrected chi connectivity index (χ3v) is 6.01. The lowest BCUT2D eigenvalue weighted by Gasteiger charge is -2.41. The number of piperazine rings is 1. The first-order chi connectivity index (χ1) is 9.99. The highest BCUT2D eigenvalue weighted by molar-refractivity contribution is 9.10. The Kier molecular flexibility index (Phi) is 5.43. The van der Waals surface area contributed by atoms with Gasteiger partial charge in [0.05, 0.1) is 6.54 Å². The maximum atomic E-state index is 12.7. The van der Waals surface area contributed by atoms with Gasteiger partial charge in [0, 0.05) is 9.35 Å². The average molecular weight is 373 g/mol. The number of carbonyl (C=O) groups excluding carboxylic acids is 2. The second-order valence-corrected chi connectivity index (χ2v) is 7.31. The van der Waals surface area contributed by atoms with Crippen molar-refractivity contribution in [3.05, 3.63) is 20.8 Å². The van der Waals surface area contributed by atoms with Gasteiger partial charge < -0.3 is 10.2 Å². The van der Waals surface area contributed by atoms with Crippen LogP contribution in [-0.2, 0) is 16.1 Å². The van der Waals surface area contributed by atoms with Gasteiger partial charge in [-0.15, -0.1) is 11.3 Å². The number of nitrogens with one attached hydrogen (secondary N) is 1. The van der Waals surface area contributed by atoms with E-state index in [4.69, 9.17) is 0 Å². The van der Waals surface area contributed by atoms with Crippen LogP contribution in [0.1, 0.15) is 38.5 Å². The Balaban J connectivity index is 2.31. The van der Waals surface area contributed by atoms with Crippen LogP contribution in [0.15, 0.2) is 15.9 Å². The summed E-state index contributed by atoms with van der Waals surface area (Å²) in [6, 6.07) is 1.21. The number of nitrogens with zero attached hydrogens (tertiary/aromatic N) is 1. The highest BCUT2D eigenvalue weighted by Crippen LogP contribution is 2.28. The standard InChI is InChI=1S/C15H21BrN2O2S/c1-4-9(3)13-14(19)17-11(5-2)15(20)18(13)8-12-10(16)6-7-21-12/h6-7,9,11,13H,4-5,8H2,1-3H3,(H,17,19). The van der Waals surface area contributed by atoms with Crippen LogP contribution in [0, 0.1) is 5.92 Å².